The van der Waals surface area contributed by atoms with Crippen molar-refractivity contribution in [3.63, 3.8) is 0 Å². The Kier molecular flexibility index (Phi) is 3.32. The smallest absolute Gasteiger partial charge is 0.0387 e. The molecule has 2 rings (SSSR count). The Balaban J connectivity index is 2.08. The second-order valence-corrected chi connectivity index (χ2v) is 5.32. The molecule has 1 unspecified atom stereocenters. The number of rotatable bonds is 3. The number of hydrogen-bond donors (Lipinski definition) is 1. The van der Waals surface area contributed by atoms with Crippen LogP contribution in [0.3, 0.4) is 0 Å². The number of anilines is 1. The molecular formula is C12H17BrN2. The molecule has 1 aliphatic heterocycles. The first kappa shape index (κ1) is 11.0. The van der Waals surface area contributed by atoms with Gasteiger partial charge in [-0.2, -0.15) is 0 Å². The van der Waals surface area contributed by atoms with Crippen LogP contribution in [0.2, 0.25) is 0 Å². The fourth-order valence-electron chi connectivity index (χ4n) is 2.05. The third-order valence-corrected chi connectivity index (χ3v) is 3.41. The lowest BCUT2D eigenvalue weighted by atomic mass is 9.98. The molecule has 0 amide bonds. The molecule has 2 nitrogen and oxygen atoms in total. The Morgan fingerprint density at radius 3 is 3.00 bits per heavy atom. The summed E-state index contributed by atoms with van der Waals surface area (Å²) in [4.78, 5) is 2.25. The first-order valence-electron chi connectivity index (χ1n) is 5.35. The van der Waals surface area contributed by atoms with Crippen molar-refractivity contribution in [3.05, 3.63) is 28.2 Å². The van der Waals surface area contributed by atoms with E-state index in [0.717, 1.165) is 17.6 Å². The monoisotopic (exact) mass is 268 g/mol. The zero-order valence-corrected chi connectivity index (χ0v) is 10.8. The van der Waals surface area contributed by atoms with Gasteiger partial charge in [0, 0.05) is 22.6 Å². The van der Waals surface area contributed by atoms with Crippen molar-refractivity contribution in [2.75, 3.05) is 32.5 Å². The fourth-order valence-corrected chi connectivity index (χ4v) is 2.41. The average molecular weight is 269 g/mol. The van der Waals surface area contributed by atoms with Crippen molar-refractivity contribution >= 4 is 21.6 Å². The van der Waals surface area contributed by atoms with Gasteiger partial charge in [0.25, 0.3) is 0 Å². The number of benzene rings is 1. The molecule has 1 aromatic carbocycles. The number of hydrogen-bond acceptors (Lipinski definition) is 2. The van der Waals surface area contributed by atoms with Gasteiger partial charge in [0.15, 0.2) is 0 Å². The van der Waals surface area contributed by atoms with Gasteiger partial charge in [-0.3, -0.25) is 0 Å². The van der Waals surface area contributed by atoms with Crippen LogP contribution in [0.25, 0.3) is 0 Å². The minimum Gasteiger partial charge on any atom is -0.384 e. The number of nitrogens with one attached hydrogen (secondary N) is 1. The fraction of sp³-hybridized carbons (Fsp3) is 0.500. The van der Waals surface area contributed by atoms with Crippen LogP contribution in [-0.2, 0) is 0 Å². The standard InChI is InChI=1S/C12H17BrN2/c1-15(2)6-5-9-8-14-12-7-10(13)3-4-11(9)12/h3-4,7,9,14H,5-6,8H2,1-2H3. The van der Waals surface area contributed by atoms with Gasteiger partial charge >= 0.3 is 0 Å². The van der Waals surface area contributed by atoms with E-state index < -0.39 is 0 Å². The highest BCUT2D eigenvalue weighted by molar-refractivity contribution is 9.10. The third-order valence-electron chi connectivity index (χ3n) is 2.92. The van der Waals surface area contributed by atoms with Gasteiger partial charge in [-0.05, 0) is 44.8 Å². The second-order valence-electron chi connectivity index (χ2n) is 4.40. The van der Waals surface area contributed by atoms with Crippen molar-refractivity contribution in [2.24, 2.45) is 0 Å². The summed E-state index contributed by atoms with van der Waals surface area (Å²) in [5.41, 5.74) is 2.77. The molecule has 0 fully saturated rings. The molecule has 1 heterocycles. The predicted octanol–water partition coefficient (Wildman–Crippen LogP) is 2.91. The maximum Gasteiger partial charge on any atom is 0.0387 e. The van der Waals surface area contributed by atoms with Crippen molar-refractivity contribution < 1.29 is 0 Å². The Morgan fingerprint density at radius 1 is 1.47 bits per heavy atom. The van der Waals surface area contributed by atoms with Crippen LogP contribution in [0.1, 0.15) is 17.9 Å². The lowest BCUT2D eigenvalue weighted by molar-refractivity contribution is 0.386. The van der Waals surface area contributed by atoms with E-state index >= 15 is 0 Å². The largest absolute Gasteiger partial charge is 0.384 e. The second kappa shape index (κ2) is 4.54. The summed E-state index contributed by atoms with van der Waals surface area (Å²) >= 11 is 3.50. The highest BCUT2D eigenvalue weighted by Crippen LogP contribution is 2.35. The highest BCUT2D eigenvalue weighted by atomic mass is 79.9. The van der Waals surface area contributed by atoms with Crippen LogP contribution in [0.15, 0.2) is 22.7 Å². The molecule has 0 aromatic heterocycles. The van der Waals surface area contributed by atoms with Gasteiger partial charge in [0.1, 0.15) is 0 Å². The summed E-state index contributed by atoms with van der Waals surface area (Å²) < 4.78 is 1.15. The van der Waals surface area contributed by atoms with Crippen LogP contribution in [-0.4, -0.2) is 32.1 Å². The Labute approximate surface area is 99.8 Å². The zero-order chi connectivity index (χ0) is 10.8. The Hall–Kier alpha value is -0.540. The average Bonchev–Trinajstić information content (AvgIpc) is 2.57. The summed E-state index contributed by atoms with van der Waals surface area (Å²) in [6.45, 7) is 2.24. The molecule has 1 atom stereocenters. The van der Waals surface area contributed by atoms with E-state index in [0.29, 0.717) is 5.92 Å². The van der Waals surface area contributed by atoms with Crippen LogP contribution in [0.5, 0.6) is 0 Å². The van der Waals surface area contributed by atoms with Crippen LogP contribution in [0.4, 0.5) is 5.69 Å². The van der Waals surface area contributed by atoms with E-state index in [9.17, 15) is 0 Å². The zero-order valence-electron chi connectivity index (χ0n) is 9.26. The molecule has 15 heavy (non-hydrogen) atoms. The van der Waals surface area contributed by atoms with E-state index in [1.54, 1.807) is 0 Å². The minimum atomic E-state index is 0.676. The SMILES string of the molecule is CN(C)CCC1CNc2cc(Br)ccc21. The topological polar surface area (TPSA) is 15.3 Å². The van der Waals surface area contributed by atoms with Gasteiger partial charge < -0.3 is 10.2 Å². The molecular weight excluding hydrogens is 252 g/mol. The first-order chi connectivity index (χ1) is 7.16. The van der Waals surface area contributed by atoms with Crippen molar-refractivity contribution in [2.45, 2.75) is 12.3 Å². The van der Waals surface area contributed by atoms with Crippen molar-refractivity contribution in [1.29, 1.82) is 0 Å². The molecule has 0 aliphatic carbocycles. The summed E-state index contributed by atoms with van der Waals surface area (Å²) in [6.07, 6.45) is 1.23. The molecule has 1 aromatic rings. The summed E-state index contributed by atoms with van der Waals surface area (Å²) in [7, 11) is 4.26. The van der Waals surface area contributed by atoms with Crippen LogP contribution in [0, 0.1) is 0 Å². The maximum atomic E-state index is 3.50. The van der Waals surface area contributed by atoms with Crippen molar-refractivity contribution in [1.82, 2.24) is 4.90 Å². The van der Waals surface area contributed by atoms with Crippen molar-refractivity contribution in [3.8, 4) is 0 Å². The number of halogens is 1. The summed E-state index contributed by atoms with van der Waals surface area (Å²) in [5.74, 6) is 0.676. The normalized spacial score (nSPS) is 19.1. The molecule has 0 spiro atoms. The molecule has 1 aliphatic rings. The van der Waals surface area contributed by atoms with Crippen LogP contribution < -0.4 is 5.32 Å². The van der Waals surface area contributed by atoms with Gasteiger partial charge in [-0.15, -0.1) is 0 Å². The lowest BCUT2D eigenvalue weighted by Gasteiger charge is -2.14. The molecule has 0 radical (unpaired) electrons. The van der Waals surface area contributed by atoms with Gasteiger partial charge in [0.05, 0.1) is 0 Å². The summed E-state index contributed by atoms with van der Waals surface area (Å²) in [6, 6.07) is 6.54. The van der Waals surface area contributed by atoms with Gasteiger partial charge in [0.2, 0.25) is 0 Å². The van der Waals surface area contributed by atoms with Gasteiger partial charge in [-0.1, -0.05) is 22.0 Å². The molecule has 1 N–H and O–H groups in total. The molecule has 3 heteroatoms. The third kappa shape index (κ3) is 2.52. The minimum absolute atomic E-state index is 0.676. The molecule has 82 valence electrons. The molecule has 0 saturated heterocycles. The number of fused-ring (bicyclic) bond motifs is 1. The van der Waals surface area contributed by atoms with Crippen LogP contribution >= 0.6 is 15.9 Å². The summed E-state index contributed by atoms with van der Waals surface area (Å²) in [5, 5.41) is 3.47. The van der Waals surface area contributed by atoms with E-state index in [-0.39, 0.29) is 0 Å². The number of nitrogens with zero attached hydrogens (tertiary/aromatic N) is 1. The molecule has 0 saturated carbocycles. The molecule has 0 bridgehead atoms. The van der Waals surface area contributed by atoms with E-state index in [1.165, 1.54) is 17.7 Å². The Morgan fingerprint density at radius 2 is 2.27 bits per heavy atom. The van der Waals surface area contributed by atoms with E-state index in [1.807, 2.05) is 0 Å². The van der Waals surface area contributed by atoms with Gasteiger partial charge in [-0.25, -0.2) is 0 Å². The highest BCUT2D eigenvalue weighted by Gasteiger charge is 2.21. The Bertz CT molecular complexity index is 349. The maximum absolute atomic E-state index is 3.50. The first-order valence-corrected chi connectivity index (χ1v) is 6.14. The predicted molar refractivity (Wildman–Crippen MR) is 68.5 cm³/mol. The van der Waals surface area contributed by atoms with E-state index in [4.69, 9.17) is 0 Å². The lowest BCUT2D eigenvalue weighted by Crippen LogP contribution is -2.16. The quantitative estimate of drug-likeness (QED) is 0.907. The van der Waals surface area contributed by atoms with E-state index in [2.05, 4.69) is 58.4 Å².